The lowest BCUT2D eigenvalue weighted by atomic mass is 10.1. The molecule has 0 amide bonds. The van der Waals surface area contributed by atoms with E-state index in [-0.39, 0.29) is 5.82 Å². The van der Waals surface area contributed by atoms with Gasteiger partial charge >= 0.3 is 0 Å². The molecule has 15 heavy (non-hydrogen) atoms. The SMILES string of the molecule is NCCc1cc(F)cc(OC/C=C/Cl)c1. The molecule has 0 spiro atoms. The second-order valence-corrected chi connectivity index (χ2v) is 3.26. The van der Waals surface area contributed by atoms with Crippen molar-refractivity contribution in [1.29, 1.82) is 0 Å². The number of nitrogens with two attached hydrogens (primary N) is 1. The van der Waals surface area contributed by atoms with Crippen molar-refractivity contribution in [2.45, 2.75) is 6.42 Å². The molecule has 0 saturated carbocycles. The Balaban J connectivity index is 2.70. The normalized spacial score (nSPS) is 10.9. The first-order valence-electron chi connectivity index (χ1n) is 4.64. The summed E-state index contributed by atoms with van der Waals surface area (Å²) < 4.78 is 18.4. The summed E-state index contributed by atoms with van der Waals surface area (Å²) in [6, 6.07) is 4.57. The molecule has 0 aliphatic rings. The van der Waals surface area contributed by atoms with E-state index >= 15 is 0 Å². The smallest absolute Gasteiger partial charge is 0.127 e. The van der Waals surface area contributed by atoms with Gasteiger partial charge in [0.25, 0.3) is 0 Å². The molecule has 1 aromatic carbocycles. The van der Waals surface area contributed by atoms with Crippen molar-refractivity contribution in [2.75, 3.05) is 13.2 Å². The molecule has 82 valence electrons. The van der Waals surface area contributed by atoms with Gasteiger partial charge < -0.3 is 10.5 Å². The predicted molar refractivity (Wildman–Crippen MR) is 59.6 cm³/mol. The van der Waals surface area contributed by atoms with Gasteiger partial charge in [-0.25, -0.2) is 4.39 Å². The largest absolute Gasteiger partial charge is 0.489 e. The van der Waals surface area contributed by atoms with Crippen molar-refractivity contribution in [3.05, 3.63) is 41.2 Å². The van der Waals surface area contributed by atoms with E-state index < -0.39 is 0 Å². The highest BCUT2D eigenvalue weighted by Crippen LogP contribution is 2.16. The molecule has 0 unspecified atom stereocenters. The van der Waals surface area contributed by atoms with Gasteiger partial charge in [0.2, 0.25) is 0 Å². The molecule has 0 radical (unpaired) electrons. The highest BCUT2D eigenvalue weighted by molar-refractivity contribution is 6.25. The number of hydrogen-bond donors (Lipinski definition) is 1. The molecule has 4 heteroatoms. The maximum absolute atomic E-state index is 13.1. The molecular formula is C11H13ClFNO. The molecule has 0 heterocycles. The standard InChI is InChI=1S/C11H13ClFNO/c12-3-1-5-15-11-7-9(2-4-14)6-10(13)8-11/h1,3,6-8H,2,4-5,14H2/b3-1+. The maximum Gasteiger partial charge on any atom is 0.127 e. The van der Waals surface area contributed by atoms with Crippen LogP contribution in [0.1, 0.15) is 5.56 Å². The second-order valence-electron chi connectivity index (χ2n) is 3.01. The molecule has 1 aromatic rings. The molecule has 2 nitrogen and oxygen atoms in total. The summed E-state index contributed by atoms with van der Waals surface area (Å²) in [5, 5.41) is 0. The molecule has 0 aromatic heterocycles. The number of halogens is 2. The average molecular weight is 230 g/mol. The van der Waals surface area contributed by atoms with E-state index in [1.54, 1.807) is 12.1 Å². The van der Waals surface area contributed by atoms with E-state index in [0.29, 0.717) is 25.3 Å². The van der Waals surface area contributed by atoms with Gasteiger partial charge in [0, 0.05) is 11.6 Å². The average Bonchev–Trinajstić information content (AvgIpc) is 2.18. The Morgan fingerprint density at radius 3 is 2.87 bits per heavy atom. The van der Waals surface area contributed by atoms with E-state index in [2.05, 4.69) is 0 Å². The van der Waals surface area contributed by atoms with Crippen molar-refractivity contribution in [3.63, 3.8) is 0 Å². The minimum Gasteiger partial charge on any atom is -0.489 e. The predicted octanol–water partition coefficient (Wildman–Crippen LogP) is 2.46. The molecule has 0 fully saturated rings. The van der Waals surface area contributed by atoms with Crippen LogP contribution in [0.2, 0.25) is 0 Å². The number of rotatable bonds is 5. The quantitative estimate of drug-likeness (QED) is 0.842. The minimum absolute atomic E-state index is 0.314. The first kappa shape index (κ1) is 12.0. The fraction of sp³-hybridized carbons (Fsp3) is 0.273. The number of ether oxygens (including phenoxy) is 1. The second kappa shape index (κ2) is 6.43. The monoisotopic (exact) mass is 229 g/mol. The topological polar surface area (TPSA) is 35.2 Å². The van der Waals surface area contributed by atoms with Crippen molar-refractivity contribution in [3.8, 4) is 5.75 Å². The third kappa shape index (κ3) is 4.32. The van der Waals surface area contributed by atoms with E-state index in [9.17, 15) is 4.39 Å². The first-order valence-corrected chi connectivity index (χ1v) is 5.07. The summed E-state index contributed by atoms with van der Waals surface area (Å²) in [5.41, 5.74) is 7.59. The Bertz CT molecular complexity index is 341. The zero-order valence-electron chi connectivity index (χ0n) is 8.25. The molecule has 2 N–H and O–H groups in total. The molecule has 0 aliphatic carbocycles. The first-order chi connectivity index (χ1) is 7.26. The van der Waals surface area contributed by atoms with Gasteiger partial charge in [-0.2, -0.15) is 0 Å². The summed E-state index contributed by atoms with van der Waals surface area (Å²) >= 11 is 5.33. The van der Waals surface area contributed by atoms with Crippen LogP contribution in [0.3, 0.4) is 0 Å². The molecule has 0 aliphatic heterocycles. The lowest BCUT2D eigenvalue weighted by molar-refractivity contribution is 0.360. The van der Waals surface area contributed by atoms with Crippen LogP contribution in [-0.4, -0.2) is 13.2 Å². The molecule has 0 saturated heterocycles. The van der Waals surface area contributed by atoms with Crippen LogP contribution in [-0.2, 0) is 6.42 Å². The van der Waals surface area contributed by atoms with Gasteiger partial charge in [-0.15, -0.1) is 0 Å². The van der Waals surface area contributed by atoms with Crippen molar-refractivity contribution >= 4 is 11.6 Å². The lowest BCUT2D eigenvalue weighted by Crippen LogP contribution is -2.03. The van der Waals surface area contributed by atoms with Gasteiger partial charge in [-0.05, 0) is 36.7 Å². The van der Waals surface area contributed by atoms with Crippen LogP contribution >= 0.6 is 11.6 Å². The van der Waals surface area contributed by atoms with Gasteiger partial charge in [0.15, 0.2) is 0 Å². The zero-order chi connectivity index (χ0) is 11.1. The Morgan fingerprint density at radius 1 is 1.40 bits per heavy atom. The van der Waals surface area contributed by atoms with Crippen molar-refractivity contribution in [2.24, 2.45) is 5.73 Å². The Hall–Kier alpha value is -1.06. The van der Waals surface area contributed by atoms with Gasteiger partial charge in [0.05, 0.1) is 0 Å². The fourth-order valence-electron chi connectivity index (χ4n) is 1.20. The van der Waals surface area contributed by atoms with E-state index in [0.717, 1.165) is 5.56 Å². The van der Waals surface area contributed by atoms with Crippen molar-refractivity contribution in [1.82, 2.24) is 0 Å². The Kier molecular flexibility index (Phi) is 5.15. The molecular weight excluding hydrogens is 217 g/mol. The van der Waals surface area contributed by atoms with E-state index in [1.807, 2.05) is 0 Å². The third-order valence-corrected chi connectivity index (χ3v) is 1.98. The van der Waals surface area contributed by atoms with Crippen LogP contribution in [0.25, 0.3) is 0 Å². The third-order valence-electron chi connectivity index (χ3n) is 1.80. The summed E-state index contributed by atoms with van der Waals surface area (Å²) in [6.07, 6.45) is 2.27. The zero-order valence-corrected chi connectivity index (χ0v) is 9.01. The molecule has 0 atom stereocenters. The van der Waals surface area contributed by atoms with Crippen LogP contribution in [0.5, 0.6) is 5.75 Å². The van der Waals surface area contributed by atoms with Crippen molar-refractivity contribution < 1.29 is 9.13 Å². The minimum atomic E-state index is -0.314. The summed E-state index contributed by atoms with van der Waals surface area (Å²) in [4.78, 5) is 0. The highest BCUT2D eigenvalue weighted by atomic mass is 35.5. The molecule has 1 rings (SSSR count). The Labute approximate surface area is 93.5 Å². The fourth-order valence-corrected chi connectivity index (χ4v) is 1.27. The number of benzene rings is 1. The van der Waals surface area contributed by atoms with E-state index in [4.69, 9.17) is 22.1 Å². The van der Waals surface area contributed by atoms with Gasteiger partial charge in [-0.1, -0.05) is 11.6 Å². The van der Waals surface area contributed by atoms with Crippen LogP contribution in [0.4, 0.5) is 4.39 Å². The lowest BCUT2D eigenvalue weighted by Gasteiger charge is -2.06. The van der Waals surface area contributed by atoms with Crippen LogP contribution in [0.15, 0.2) is 29.8 Å². The maximum atomic E-state index is 13.1. The van der Waals surface area contributed by atoms with Gasteiger partial charge in [-0.3, -0.25) is 0 Å². The summed E-state index contributed by atoms with van der Waals surface area (Å²) in [6.45, 7) is 0.819. The summed E-state index contributed by atoms with van der Waals surface area (Å²) in [5.74, 6) is 0.180. The highest BCUT2D eigenvalue weighted by Gasteiger charge is 2.00. The van der Waals surface area contributed by atoms with Crippen LogP contribution < -0.4 is 10.5 Å². The summed E-state index contributed by atoms with van der Waals surface area (Å²) in [7, 11) is 0. The Morgan fingerprint density at radius 2 is 2.20 bits per heavy atom. The van der Waals surface area contributed by atoms with Crippen LogP contribution in [0, 0.1) is 5.82 Å². The number of hydrogen-bond acceptors (Lipinski definition) is 2. The molecule has 0 bridgehead atoms. The van der Waals surface area contributed by atoms with E-state index in [1.165, 1.54) is 17.7 Å². The van der Waals surface area contributed by atoms with Gasteiger partial charge in [0.1, 0.15) is 18.2 Å².